The van der Waals surface area contributed by atoms with Gasteiger partial charge in [-0.3, -0.25) is 9.59 Å². The molecule has 0 radical (unpaired) electrons. The molecule has 1 aliphatic heterocycles. The molecule has 0 aliphatic carbocycles. The molecule has 0 saturated carbocycles. The van der Waals surface area contributed by atoms with Crippen molar-refractivity contribution in [3.63, 3.8) is 0 Å². The lowest BCUT2D eigenvalue weighted by molar-refractivity contribution is -0.149. The second kappa shape index (κ2) is 3.73. The van der Waals surface area contributed by atoms with Crippen LogP contribution in [0, 0.1) is 11.3 Å². The molecule has 88 valence electrons. The van der Waals surface area contributed by atoms with Crippen LogP contribution < -0.4 is 0 Å². The molecule has 0 aromatic heterocycles. The van der Waals surface area contributed by atoms with E-state index in [1.807, 2.05) is 31.4 Å². The lowest BCUT2D eigenvalue weighted by atomic mass is 9.23. The zero-order chi connectivity index (χ0) is 13.8. The number of imide groups is 1. The Kier molecular flexibility index (Phi) is 3.18. The summed E-state index contributed by atoms with van der Waals surface area (Å²) in [5.41, 5.74) is -0.146. The second-order valence-electron chi connectivity index (χ2n) is 7.35. The number of carbonyl (C=O) groups is 2. The van der Waals surface area contributed by atoms with Gasteiger partial charge >= 0.3 is 0 Å². The zero-order valence-corrected chi connectivity index (χ0v) is 12.3. The molecule has 1 atom stereocenters. The van der Waals surface area contributed by atoms with Crippen LogP contribution in [0.5, 0.6) is 0 Å². The molecule has 17 heavy (non-hydrogen) atoms. The van der Waals surface area contributed by atoms with Crippen molar-refractivity contribution in [2.45, 2.75) is 31.2 Å². The summed E-state index contributed by atoms with van der Waals surface area (Å²) in [4.78, 5) is 25.9. The van der Waals surface area contributed by atoms with Gasteiger partial charge < -0.3 is 4.81 Å². The van der Waals surface area contributed by atoms with Crippen LogP contribution in [0.25, 0.3) is 0 Å². The first-order valence-electron chi connectivity index (χ1n) is 6.17. The van der Waals surface area contributed by atoms with Crippen LogP contribution in [0.4, 0.5) is 0 Å². The zero-order valence-electron chi connectivity index (χ0n) is 12.3. The van der Waals surface area contributed by atoms with E-state index in [0.29, 0.717) is 0 Å². The van der Waals surface area contributed by atoms with E-state index >= 15 is 0 Å². The normalized spacial score (nSPS) is 28.2. The molecular weight excluding hydrogens is 208 g/mol. The van der Waals surface area contributed by atoms with Gasteiger partial charge in [0.15, 0.2) is 0 Å². The minimum atomic E-state index is -0.520. The van der Waals surface area contributed by atoms with Gasteiger partial charge in [-0.15, -0.1) is 0 Å². The van der Waals surface area contributed by atoms with Crippen molar-refractivity contribution in [1.29, 1.82) is 0 Å². The summed E-state index contributed by atoms with van der Waals surface area (Å²) in [5.74, 6) is -0.271. The van der Waals surface area contributed by atoms with Crippen LogP contribution in [-0.4, -0.2) is 56.0 Å². The number of nitrogens with zero attached hydrogens (tertiary/aromatic N) is 1. The Morgan fingerprint density at radius 1 is 1.12 bits per heavy atom. The van der Waals surface area contributed by atoms with E-state index in [0.717, 1.165) is 0 Å². The van der Waals surface area contributed by atoms with Gasteiger partial charge in [0.25, 0.3) is 0 Å². The van der Waals surface area contributed by atoms with Crippen LogP contribution >= 0.6 is 0 Å². The van der Waals surface area contributed by atoms with Crippen molar-refractivity contribution in [3.8, 4) is 0 Å². The molecule has 0 aromatic carbocycles. The fourth-order valence-electron chi connectivity index (χ4n) is 3.11. The smallest absolute Gasteiger partial charge is 0.231 e. The summed E-state index contributed by atoms with van der Waals surface area (Å²) < 4.78 is 0. The lowest BCUT2D eigenvalue weighted by Gasteiger charge is -2.56. The topological polar surface area (TPSA) is 37.4 Å². The predicted molar refractivity (Wildman–Crippen MR) is 82.9 cm³/mol. The van der Waals surface area contributed by atoms with Crippen LogP contribution in [0.1, 0.15) is 20.8 Å². The minimum absolute atomic E-state index is 0.0492. The highest BCUT2D eigenvalue weighted by molar-refractivity contribution is 6.64. The Hall–Kier alpha value is -0.535. The number of hydrogen-bond donors (Lipinski definition) is 0. The van der Waals surface area contributed by atoms with Gasteiger partial charge in [-0.1, -0.05) is 26.0 Å². The van der Waals surface area contributed by atoms with E-state index in [4.69, 9.17) is 0 Å². The van der Waals surface area contributed by atoms with Gasteiger partial charge in [0.2, 0.25) is 19.8 Å². The summed E-state index contributed by atoms with van der Waals surface area (Å²) in [6, 6.07) is 0. The Morgan fingerprint density at radius 2 is 1.53 bits per heavy atom. The van der Waals surface area contributed by atoms with Gasteiger partial charge in [0.1, 0.15) is 15.7 Å². The summed E-state index contributed by atoms with van der Waals surface area (Å²) in [5, 5.41) is -0.862. The Bertz CT molecular complexity index is 374. The van der Waals surface area contributed by atoms with Crippen molar-refractivity contribution < 1.29 is 9.59 Å². The first-order chi connectivity index (χ1) is 7.35. The molecule has 0 bridgehead atoms. The second-order valence-corrected chi connectivity index (χ2v) is 7.35. The molecule has 0 spiro atoms. The SMILES string of the molecule is BN1C(=O)C(C(C)(C)C)C(B)(B)C(B)(B)C1=O. The van der Waals surface area contributed by atoms with Gasteiger partial charge in [-0.05, 0) is 10.6 Å². The molecule has 0 aromatic rings. The fraction of sp³-hybridized carbons (Fsp3) is 0.778. The third kappa shape index (κ3) is 1.89. The Balaban J connectivity index is 3.41. The van der Waals surface area contributed by atoms with Gasteiger partial charge in [0, 0.05) is 5.92 Å². The third-order valence-electron chi connectivity index (χ3n) is 4.62. The summed E-state index contributed by atoms with van der Waals surface area (Å²) in [6.45, 7) is 6.20. The molecular formula is C9H20B5NO2. The third-order valence-corrected chi connectivity index (χ3v) is 4.62. The largest absolute Gasteiger partial charge is 0.337 e. The van der Waals surface area contributed by atoms with E-state index in [1.54, 1.807) is 7.98 Å². The van der Waals surface area contributed by atoms with Crippen molar-refractivity contribution in [1.82, 2.24) is 4.81 Å². The minimum Gasteiger partial charge on any atom is -0.337 e. The molecule has 8 heteroatoms. The van der Waals surface area contributed by atoms with E-state index in [9.17, 15) is 9.59 Å². The average Bonchev–Trinajstić information content (AvgIpc) is 2.10. The molecule has 0 N–H and O–H groups in total. The van der Waals surface area contributed by atoms with E-state index < -0.39 is 5.21 Å². The Morgan fingerprint density at radius 3 is 1.88 bits per heavy atom. The van der Waals surface area contributed by atoms with E-state index in [-0.39, 0.29) is 28.4 Å². The summed E-state index contributed by atoms with van der Waals surface area (Å²) >= 11 is 0. The molecule has 2 amide bonds. The first kappa shape index (κ1) is 14.5. The molecule has 1 unspecified atom stereocenters. The average molecular weight is 228 g/mol. The highest BCUT2D eigenvalue weighted by Crippen LogP contribution is 2.57. The first-order valence-corrected chi connectivity index (χ1v) is 6.17. The highest BCUT2D eigenvalue weighted by Gasteiger charge is 2.58. The predicted octanol–water partition coefficient (Wildman–Crippen LogP) is -3.67. The van der Waals surface area contributed by atoms with Crippen LogP contribution in [0.2, 0.25) is 10.4 Å². The molecule has 1 heterocycles. The van der Waals surface area contributed by atoms with E-state index in [2.05, 4.69) is 20.8 Å². The quantitative estimate of drug-likeness (QED) is 0.316. The fourth-order valence-corrected chi connectivity index (χ4v) is 3.11. The van der Waals surface area contributed by atoms with Crippen LogP contribution in [-0.2, 0) is 9.59 Å². The Labute approximate surface area is 109 Å². The van der Waals surface area contributed by atoms with E-state index in [1.165, 1.54) is 4.81 Å². The highest BCUT2D eigenvalue weighted by atomic mass is 16.2. The molecule has 1 fully saturated rings. The van der Waals surface area contributed by atoms with Gasteiger partial charge in [-0.2, -0.15) is 0 Å². The number of carbonyl (C=O) groups excluding carboxylic acids is 2. The number of piperidine rings is 1. The van der Waals surface area contributed by atoms with Crippen LogP contribution in [0.15, 0.2) is 0 Å². The lowest BCUT2D eigenvalue weighted by Crippen LogP contribution is -2.62. The summed E-state index contributed by atoms with van der Waals surface area (Å²) in [7, 11) is 9.55. The summed E-state index contributed by atoms with van der Waals surface area (Å²) in [6.07, 6.45) is 0. The molecule has 3 nitrogen and oxygen atoms in total. The van der Waals surface area contributed by atoms with Crippen molar-refractivity contribution >= 4 is 51.2 Å². The number of rotatable bonds is 0. The maximum Gasteiger partial charge on any atom is 0.231 e. The number of hydrogen-bond acceptors (Lipinski definition) is 2. The van der Waals surface area contributed by atoms with Crippen molar-refractivity contribution in [3.05, 3.63) is 0 Å². The van der Waals surface area contributed by atoms with Gasteiger partial charge in [0.05, 0.1) is 15.7 Å². The maximum atomic E-state index is 12.4. The van der Waals surface area contributed by atoms with Gasteiger partial charge in [-0.25, -0.2) is 0 Å². The molecule has 1 rings (SSSR count). The van der Waals surface area contributed by atoms with Crippen LogP contribution in [0.3, 0.4) is 0 Å². The number of amides is 2. The monoisotopic (exact) mass is 229 g/mol. The molecule has 1 saturated heterocycles. The van der Waals surface area contributed by atoms with Crippen molar-refractivity contribution in [2.75, 3.05) is 0 Å². The standard InChI is InChI=1S/C9H20B5NO2/c1-7(2,3)4-5(16)15(14)6(17)9(12,13)8(4,10)11/h4H,10-14H2,1-3H3. The van der Waals surface area contributed by atoms with Crippen molar-refractivity contribution in [2.24, 2.45) is 11.3 Å². The molecule has 1 aliphatic rings. The maximum absolute atomic E-state index is 12.4.